The lowest BCUT2D eigenvalue weighted by molar-refractivity contribution is 0.0998. The van der Waals surface area contributed by atoms with Gasteiger partial charge in [0.2, 0.25) is 0 Å². The van der Waals surface area contributed by atoms with E-state index in [0.29, 0.717) is 17.0 Å². The minimum absolute atomic E-state index is 0.246. The first-order valence-electron chi connectivity index (χ1n) is 5.99. The molecule has 0 aliphatic carbocycles. The number of furan rings is 1. The molecule has 0 spiro atoms. The van der Waals surface area contributed by atoms with Gasteiger partial charge in [-0.05, 0) is 40.2 Å². The van der Waals surface area contributed by atoms with Crippen LogP contribution in [-0.2, 0) is 0 Å². The van der Waals surface area contributed by atoms with Crippen LogP contribution in [0.1, 0.15) is 10.6 Å². The number of carbonyl (C=O) groups excluding carboxylic acids is 1. The van der Waals surface area contributed by atoms with Crippen LogP contribution < -0.4 is 11.1 Å². The lowest BCUT2D eigenvalue weighted by Gasteiger charge is -2.05. The number of fused-ring (bicyclic) bond motifs is 1. The second-order valence-electron chi connectivity index (χ2n) is 4.31. The number of benzene rings is 2. The number of carbonyl (C=O) groups is 1. The molecule has 0 radical (unpaired) electrons. The molecule has 0 bridgehead atoms. The van der Waals surface area contributed by atoms with Crippen molar-refractivity contribution in [3.8, 4) is 0 Å². The highest BCUT2D eigenvalue weighted by atomic mass is 79.9. The highest BCUT2D eigenvalue weighted by molar-refractivity contribution is 9.10. The van der Waals surface area contributed by atoms with Gasteiger partial charge in [-0.25, -0.2) is 0 Å². The number of halogens is 1. The van der Waals surface area contributed by atoms with Crippen LogP contribution in [-0.4, -0.2) is 5.91 Å². The Morgan fingerprint density at radius 2 is 1.95 bits per heavy atom. The largest absolute Gasteiger partial charge is 0.450 e. The average Bonchev–Trinajstić information content (AvgIpc) is 2.87. The molecule has 0 atom stereocenters. The van der Waals surface area contributed by atoms with Crippen LogP contribution in [0.25, 0.3) is 11.0 Å². The van der Waals surface area contributed by atoms with Crippen LogP contribution in [0.15, 0.2) is 57.4 Å². The first kappa shape index (κ1) is 12.7. The van der Waals surface area contributed by atoms with Crippen molar-refractivity contribution in [2.45, 2.75) is 0 Å². The van der Waals surface area contributed by atoms with Crippen molar-refractivity contribution in [3.63, 3.8) is 0 Å². The minimum Gasteiger partial charge on any atom is -0.450 e. The predicted molar refractivity (Wildman–Crippen MR) is 82.7 cm³/mol. The summed E-state index contributed by atoms with van der Waals surface area (Å²) < 4.78 is 6.39. The molecule has 20 heavy (non-hydrogen) atoms. The van der Waals surface area contributed by atoms with Crippen molar-refractivity contribution in [2.24, 2.45) is 0 Å². The van der Waals surface area contributed by atoms with E-state index in [0.717, 1.165) is 9.86 Å². The first-order chi connectivity index (χ1) is 9.65. The third-order valence-electron chi connectivity index (χ3n) is 2.93. The zero-order chi connectivity index (χ0) is 14.1. The summed E-state index contributed by atoms with van der Waals surface area (Å²) in [5, 5.41) is 3.60. The van der Waals surface area contributed by atoms with E-state index in [1.54, 1.807) is 24.3 Å². The van der Waals surface area contributed by atoms with Gasteiger partial charge in [0, 0.05) is 5.39 Å². The second kappa shape index (κ2) is 5.02. The number of anilines is 2. The lowest BCUT2D eigenvalue weighted by Crippen LogP contribution is -2.12. The smallest absolute Gasteiger partial charge is 0.291 e. The van der Waals surface area contributed by atoms with E-state index in [-0.39, 0.29) is 11.7 Å². The Labute approximate surface area is 123 Å². The summed E-state index contributed by atoms with van der Waals surface area (Å²) in [5.41, 5.74) is 7.52. The molecule has 3 aromatic rings. The SMILES string of the molecule is Nc1ccccc1NC(=O)c1cc2cccc(Br)c2o1. The number of nitrogen functional groups attached to an aromatic ring is 1. The van der Waals surface area contributed by atoms with Crippen molar-refractivity contribution in [2.75, 3.05) is 11.1 Å². The van der Waals surface area contributed by atoms with E-state index in [1.165, 1.54) is 0 Å². The molecule has 100 valence electrons. The van der Waals surface area contributed by atoms with Gasteiger partial charge in [-0.1, -0.05) is 24.3 Å². The molecule has 0 aliphatic heterocycles. The molecule has 1 heterocycles. The number of para-hydroxylation sites is 3. The van der Waals surface area contributed by atoms with Crippen molar-refractivity contribution in [1.82, 2.24) is 0 Å². The summed E-state index contributed by atoms with van der Waals surface area (Å²) in [7, 11) is 0. The van der Waals surface area contributed by atoms with E-state index in [2.05, 4.69) is 21.2 Å². The zero-order valence-electron chi connectivity index (χ0n) is 10.4. The second-order valence-corrected chi connectivity index (χ2v) is 5.16. The summed E-state index contributed by atoms with van der Waals surface area (Å²) in [4.78, 5) is 12.2. The molecule has 3 rings (SSSR count). The molecule has 1 aromatic heterocycles. The Morgan fingerprint density at radius 3 is 2.70 bits per heavy atom. The third-order valence-corrected chi connectivity index (χ3v) is 3.55. The maximum Gasteiger partial charge on any atom is 0.291 e. The Balaban J connectivity index is 1.93. The standard InChI is InChI=1S/C15H11BrN2O2/c16-10-5-3-4-9-8-13(20-14(9)10)15(19)18-12-7-2-1-6-11(12)17/h1-8H,17H2,(H,18,19). The minimum atomic E-state index is -0.328. The molecule has 1 amide bonds. The predicted octanol–water partition coefficient (Wildman–Crippen LogP) is 4.03. The van der Waals surface area contributed by atoms with Crippen LogP contribution in [0.4, 0.5) is 11.4 Å². The Morgan fingerprint density at radius 1 is 1.15 bits per heavy atom. The highest BCUT2D eigenvalue weighted by Crippen LogP contribution is 2.27. The number of amides is 1. The molecule has 2 aromatic carbocycles. The van der Waals surface area contributed by atoms with Crippen LogP contribution >= 0.6 is 15.9 Å². The van der Waals surface area contributed by atoms with Crippen LogP contribution in [0.3, 0.4) is 0 Å². The maximum atomic E-state index is 12.2. The quantitative estimate of drug-likeness (QED) is 0.697. The van der Waals surface area contributed by atoms with Gasteiger partial charge < -0.3 is 15.5 Å². The number of nitrogens with two attached hydrogens (primary N) is 1. The molecule has 0 saturated heterocycles. The molecule has 3 N–H and O–H groups in total. The van der Waals surface area contributed by atoms with Gasteiger partial charge in [0.25, 0.3) is 5.91 Å². The zero-order valence-corrected chi connectivity index (χ0v) is 12.0. The van der Waals surface area contributed by atoms with E-state index in [4.69, 9.17) is 10.2 Å². The van der Waals surface area contributed by atoms with E-state index in [1.807, 2.05) is 24.3 Å². The van der Waals surface area contributed by atoms with Gasteiger partial charge in [-0.3, -0.25) is 4.79 Å². The molecule has 4 nitrogen and oxygen atoms in total. The number of hydrogen-bond acceptors (Lipinski definition) is 3. The van der Waals surface area contributed by atoms with Gasteiger partial charge in [0.1, 0.15) is 5.58 Å². The average molecular weight is 331 g/mol. The summed E-state index contributed by atoms with van der Waals surface area (Å²) in [6.45, 7) is 0. The topological polar surface area (TPSA) is 68.3 Å². The Bertz CT molecular complexity index is 795. The monoisotopic (exact) mass is 330 g/mol. The molecule has 0 unspecified atom stereocenters. The summed E-state index contributed by atoms with van der Waals surface area (Å²) in [5.74, 6) is -0.0823. The fourth-order valence-electron chi connectivity index (χ4n) is 1.93. The maximum absolute atomic E-state index is 12.2. The van der Waals surface area contributed by atoms with Crippen LogP contribution in [0, 0.1) is 0 Å². The van der Waals surface area contributed by atoms with Gasteiger partial charge in [-0.2, -0.15) is 0 Å². The summed E-state index contributed by atoms with van der Waals surface area (Å²) in [6, 6.07) is 14.4. The highest BCUT2D eigenvalue weighted by Gasteiger charge is 2.14. The van der Waals surface area contributed by atoms with Crippen molar-refractivity contribution < 1.29 is 9.21 Å². The normalized spacial score (nSPS) is 10.7. The summed E-state index contributed by atoms with van der Waals surface area (Å²) >= 11 is 3.39. The fraction of sp³-hybridized carbons (Fsp3) is 0. The van der Waals surface area contributed by atoms with Gasteiger partial charge in [0.15, 0.2) is 5.76 Å². The van der Waals surface area contributed by atoms with Crippen LogP contribution in [0.5, 0.6) is 0 Å². The van der Waals surface area contributed by atoms with E-state index in [9.17, 15) is 4.79 Å². The van der Waals surface area contributed by atoms with E-state index < -0.39 is 0 Å². The van der Waals surface area contributed by atoms with Crippen molar-refractivity contribution in [1.29, 1.82) is 0 Å². The Kier molecular flexibility index (Phi) is 3.20. The molecule has 5 heteroatoms. The summed E-state index contributed by atoms with van der Waals surface area (Å²) in [6.07, 6.45) is 0. The van der Waals surface area contributed by atoms with E-state index >= 15 is 0 Å². The lowest BCUT2D eigenvalue weighted by atomic mass is 10.2. The Hall–Kier alpha value is -2.27. The number of rotatable bonds is 2. The fourth-order valence-corrected chi connectivity index (χ4v) is 2.40. The molecular weight excluding hydrogens is 320 g/mol. The van der Waals surface area contributed by atoms with Crippen LogP contribution in [0.2, 0.25) is 0 Å². The molecule has 0 aliphatic rings. The number of nitrogens with one attached hydrogen (secondary N) is 1. The molecular formula is C15H11BrN2O2. The first-order valence-corrected chi connectivity index (χ1v) is 6.78. The van der Waals surface area contributed by atoms with Gasteiger partial charge in [0.05, 0.1) is 15.8 Å². The van der Waals surface area contributed by atoms with Crippen molar-refractivity contribution in [3.05, 3.63) is 58.8 Å². The van der Waals surface area contributed by atoms with Gasteiger partial charge >= 0.3 is 0 Å². The third kappa shape index (κ3) is 2.28. The van der Waals surface area contributed by atoms with Crippen molar-refractivity contribution >= 4 is 44.2 Å². The van der Waals surface area contributed by atoms with Gasteiger partial charge in [-0.15, -0.1) is 0 Å². The number of hydrogen-bond donors (Lipinski definition) is 2. The molecule has 0 saturated carbocycles. The molecule has 0 fully saturated rings.